The monoisotopic (exact) mass is 337 g/mol. The van der Waals surface area contributed by atoms with Crippen molar-refractivity contribution in [3.8, 4) is 5.75 Å². The molecule has 5 nitrogen and oxygen atoms in total. The molecular weight excluding hydrogens is 318 g/mol. The fraction of sp³-hybridized carbons (Fsp3) is 0.200. The molecule has 1 amide bonds. The number of carbonyl (C=O) groups excluding carboxylic acids is 1. The first kappa shape index (κ1) is 16.8. The standard InChI is InChI=1S/C20H19NO4/c22-16-11-9-15(10-12-16)21(13-14-5-2-1-3-6-14)19(23)17-7-4-8-18(17)20(24)25/h1-3,5-6,9-12,22H,4,7-8,13H2,(H,24,25). The molecule has 0 fully saturated rings. The average molecular weight is 337 g/mol. The molecule has 2 aromatic carbocycles. The lowest BCUT2D eigenvalue weighted by atomic mass is 10.1. The van der Waals surface area contributed by atoms with Crippen LogP contribution in [0.25, 0.3) is 0 Å². The molecule has 0 saturated heterocycles. The van der Waals surface area contributed by atoms with E-state index < -0.39 is 5.97 Å². The number of rotatable bonds is 5. The largest absolute Gasteiger partial charge is 0.508 e. The van der Waals surface area contributed by atoms with E-state index in [4.69, 9.17) is 0 Å². The number of phenolic OH excluding ortho intramolecular Hbond substituents is 1. The van der Waals surface area contributed by atoms with Crippen LogP contribution in [0.2, 0.25) is 0 Å². The number of phenols is 1. The molecule has 0 atom stereocenters. The quantitative estimate of drug-likeness (QED) is 0.875. The first-order valence-corrected chi connectivity index (χ1v) is 8.16. The van der Waals surface area contributed by atoms with Crippen molar-refractivity contribution < 1.29 is 19.8 Å². The van der Waals surface area contributed by atoms with E-state index in [1.54, 1.807) is 17.0 Å². The third-order valence-electron chi connectivity index (χ3n) is 4.32. The van der Waals surface area contributed by atoms with Crippen LogP contribution < -0.4 is 4.90 Å². The molecule has 0 spiro atoms. The lowest BCUT2D eigenvalue weighted by molar-refractivity contribution is -0.133. The van der Waals surface area contributed by atoms with E-state index >= 15 is 0 Å². The van der Waals surface area contributed by atoms with Crippen molar-refractivity contribution in [2.75, 3.05) is 4.90 Å². The van der Waals surface area contributed by atoms with Gasteiger partial charge >= 0.3 is 5.97 Å². The van der Waals surface area contributed by atoms with Crippen molar-refractivity contribution in [1.82, 2.24) is 0 Å². The maximum absolute atomic E-state index is 13.1. The average Bonchev–Trinajstić information content (AvgIpc) is 3.11. The highest BCUT2D eigenvalue weighted by Gasteiger charge is 2.29. The van der Waals surface area contributed by atoms with Gasteiger partial charge in [-0.15, -0.1) is 0 Å². The number of nitrogens with zero attached hydrogens (tertiary/aromatic N) is 1. The summed E-state index contributed by atoms with van der Waals surface area (Å²) >= 11 is 0. The highest BCUT2D eigenvalue weighted by Crippen LogP contribution is 2.30. The Morgan fingerprint density at radius 2 is 1.56 bits per heavy atom. The lowest BCUT2D eigenvalue weighted by Crippen LogP contribution is -2.32. The maximum atomic E-state index is 13.1. The van der Waals surface area contributed by atoms with E-state index in [2.05, 4.69) is 0 Å². The van der Waals surface area contributed by atoms with Crippen molar-refractivity contribution in [1.29, 1.82) is 0 Å². The summed E-state index contributed by atoms with van der Waals surface area (Å²) in [5, 5.41) is 18.9. The molecule has 128 valence electrons. The van der Waals surface area contributed by atoms with Gasteiger partial charge in [0, 0.05) is 16.8 Å². The smallest absolute Gasteiger partial charge is 0.332 e. The van der Waals surface area contributed by atoms with Gasteiger partial charge in [0.15, 0.2) is 0 Å². The zero-order valence-corrected chi connectivity index (χ0v) is 13.7. The second-order valence-electron chi connectivity index (χ2n) is 6.01. The van der Waals surface area contributed by atoms with Crippen LogP contribution in [0.3, 0.4) is 0 Å². The highest BCUT2D eigenvalue weighted by molar-refractivity contribution is 6.10. The fourth-order valence-corrected chi connectivity index (χ4v) is 3.06. The third kappa shape index (κ3) is 3.71. The van der Waals surface area contributed by atoms with E-state index in [-0.39, 0.29) is 17.2 Å². The number of hydrogen-bond acceptors (Lipinski definition) is 3. The molecule has 2 N–H and O–H groups in total. The molecule has 3 rings (SSSR count). The summed E-state index contributed by atoms with van der Waals surface area (Å²) in [4.78, 5) is 26.1. The topological polar surface area (TPSA) is 77.8 Å². The van der Waals surface area contributed by atoms with E-state index in [0.717, 1.165) is 5.56 Å². The molecule has 0 aliphatic heterocycles. The second kappa shape index (κ2) is 7.21. The van der Waals surface area contributed by atoms with Gasteiger partial charge in [-0.1, -0.05) is 30.3 Å². The molecule has 0 heterocycles. The van der Waals surface area contributed by atoms with Gasteiger partial charge in [0.2, 0.25) is 0 Å². The molecule has 0 aromatic heterocycles. The minimum absolute atomic E-state index is 0.113. The minimum atomic E-state index is -1.02. The molecule has 0 unspecified atom stereocenters. The molecule has 1 aliphatic rings. The lowest BCUT2D eigenvalue weighted by Gasteiger charge is -2.24. The molecule has 5 heteroatoms. The molecule has 2 aromatic rings. The van der Waals surface area contributed by atoms with Gasteiger partial charge in [-0.25, -0.2) is 4.79 Å². The van der Waals surface area contributed by atoms with Crippen molar-refractivity contribution in [2.24, 2.45) is 0 Å². The van der Waals surface area contributed by atoms with Gasteiger partial charge in [0.1, 0.15) is 5.75 Å². The van der Waals surface area contributed by atoms with Crippen molar-refractivity contribution >= 4 is 17.6 Å². The van der Waals surface area contributed by atoms with Gasteiger partial charge in [0.25, 0.3) is 5.91 Å². The summed E-state index contributed by atoms with van der Waals surface area (Å²) in [6.07, 6.45) is 1.58. The van der Waals surface area contributed by atoms with Crippen LogP contribution in [0.5, 0.6) is 5.75 Å². The molecule has 0 saturated carbocycles. The molecule has 1 aliphatic carbocycles. The maximum Gasteiger partial charge on any atom is 0.332 e. The number of carboxylic acids is 1. The van der Waals surface area contributed by atoms with E-state index in [0.29, 0.717) is 37.1 Å². The van der Waals surface area contributed by atoms with Crippen LogP contribution in [0.4, 0.5) is 5.69 Å². The number of aliphatic carboxylic acids is 1. The summed E-state index contributed by atoms with van der Waals surface area (Å²) in [5.41, 5.74) is 2.15. The normalized spacial score (nSPS) is 13.8. The SMILES string of the molecule is O=C(O)C1=C(C(=O)N(Cc2ccccc2)c2ccc(O)cc2)CCC1. The van der Waals surface area contributed by atoms with Gasteiger partial charge in [-0.3, -0.25) is 4.79 Å². The van der Waals surface area contributed by atoms with Gasteiger partial charge < -0.3 is 15.1 Å². The Balaban J connectivity index is 1.98. The zero-order chi connectivity index (χ0) is 17.8. The van der Waals surface area contributed by atoms with Crippen LogP contribution >= 0.6 is 0 Å². The minimum Gasteiger partial charge on any atom is -0.508 e. The number of anilines is 1. The number of aromatic hydroxyl groups is 1. The van der Waals surface area contributed by atoms with Gasteiger partial charge in [0.05, 0.1) is 6.54 Å². The molecule has 0 radical (unpaired) electrons. The fourth-order valence-electron chi connectivity index (χ4n) is 3.06. The predicted octanol–water partition coefficient (Wildman–Crippen LogP) is 3.49. The predicted molar refractivity (Wildman–Crippen MR) is 94.3 cm³/mol. The van der Waals surface area contributed by atoms with Crippen molar-refractivity contribution in [3.63, 3.8) is 0 Å². The summed E-state index contributed by atoms with van der Waals surface area (Å²) in [7, 11) is 0. The van der Waals surface area contributed by atoms with Crippen molar-refractivity contribution in [2.45, 2.75) is 25.8 Å². The first-order valence-electron chi connectivity index (χ1n) is 8.16. The molecular formula is C20H19NO4. The van der Waals surface area contributed by atoms with E-state index in [1.165, 1.54) is 12.1 Å². The Morgan fingerprint density at radius 3 is 2.20 bits per heavy atom. The van der Waals surface area contributed by atoms with E-state index in [1.807, 2.05) is 30.3 Å². The first-order chi connectivity index (χ1) is 12.1. The summed E-state index contributed by atoms with van der Waals surface area (Å²) < 4.78 is 0. The number of carbonyl (C=O) groups is 2. The summed E-state index contributed by atoms with van der Waals surface area (Å²) in [6.45, 7) is 0.334. The Labute approximate surface area is 145 Å². The van der Waals surface area contributed by atoms with Crippen LogP contribution in [-0.4, -0.2) is 22.1 Å². The highest BCUT2D eigenvalue weighted by atomic mass is 16.4. The third-order valence-corrected chi connectivity index (χ3v) is 4.32. The van der Waals surface area contributed by atoms with E-state index in [9.17, 15) is 19.8 Å². The summed E-state index contributed by atoms with van der Waals surface area (Å²) in [6, 6.07) is 15.9. The summed E-state index contributed by atoms with van der Waals surface area (Å²) in [5.74, 6) is -1.20. The second-order valence-corrected chi connectivity index (χ2v) is 6.01. The van der Waals surface area contributed by atoms with Crippen LogP contribution in [0, 0.1) is 0 Å². The Hall–Kier alpha value is -3.08. The van der Waals surface area contributed by atoms with Crippen LogP contribution in [0.15, 0.2) is 65.7 Å². The van der Waals surface area contributed by atoms with Crippen molar-refractivity contribution in [3.05, 3.63) is 71.3 Å². The van der Waals surface area contributed by atoms with Crippen LogP contribution in [0.1, 0.15) is 24.8 Å². The number of carboxylic acid groups (broad SMARTS) is 1. The molecule has 25 heavy (non-hydrogen) atoms. The van der Waals surface area contributed by atoms with Crippen LogP contribution in [-0.2, 0) is 16.1 Å². The zero-order valence-electron chi connectivity index (χ0n) is 13.7. The Kier molecular flexibility index (Phi) is 4.84. The Morgan fingerprint density at radius 1 is 0.920 bits per heavy atom. The molecule has 0 bridgehead atoms. The van der Waals surface area contributed by atoms with Gasteiger partial charge in [-0.2, -0.15) is 0 Å². The Bertz CT molecular complexity index is 809. The number of benzene rings is 2. The number of hydrogen-bond donors (Lipinski definition) is 2. The number of amides is 1. The van der Waals surface area contributed by atoms with Gasteiger partial charge in [-0.05, 0) is 49.1 Å².